The topological polar surface area (TPSA) is 98.8 Å². The fraction of sp³-hybridized carbons (Fsp3) is 0.364. The van der Waals surface area contributed by atoms with Gasteiger partial charge in [0.1, 0.15) is 17.8 Å². The minimum atomic E-state index is -4.38. The molecular weight excluding hydrogens is 486 g/mol. The van der Waals surface area contributed by atoms with Crippen molar-refractivity contribution >= 4 is 40.8 Å². The molecule has 0 unspecified atom stereocenters. The van der Waals surface area contributed by atoms with E-state index in [0.29, 0.717) is 41.3 Å². The lowest BCUT2D eigenvalue weighted by atomic mass is 10.2. The van der Waals surface area contributed by atoms with Crippen LogP contribution in [0.25, 0.3) is 0 Å². The number of alkyl halides is 4. The van der Waals surface area contributed by atoms with E-state index >= 15 is 0 Å². The first-order valence-corrected chi connectivity index (χ1v) is 11.7. The Hall–Kier alpha value is -3.35. The molecule has 13 heteroatoms. The Labute approximate surface area is 202 Å². The monoisotopic (exact) mass is 509 g/mol. The van der Waals surface area contributed by atoms with E-state index in [4.69, 9.17) is 0 Å². The molecule has 3 N–H and O–H groups in total. The summed E-state index contributed by atoms with van der Waals surface area (Å²) in [5, 5.41) is 13.0. The average molecular weight is 510 g/mol. The maximum Gasteiger partial charge on any atom is 0.389 e. The van der Waals surface area contributed by atoms with E-state index in [1.807, 2.05) is 17.9 Å². The van der Waals surface area contributed by atoms with Gasteiger partial charge in [-0.05, 0) is 49.4 Å². The number of carbonyl (C=O) groups is 1. The molecule has 0 bridgehead atoms. The van der Waals surface area contributed by atoms with Crippen LogP contribution in [0.2, 0.25) is 0 Å². The predicted octanol–water partition coefficient (Wildman–Crippen LogP) is 5.23. The fourth-order valence-corrected chi connectivity index (χ4v) is 4.18. The second kappa shape index (κ2) is 10.5. The molecule has 1 atom stereocenters. The van der Waals surface area contributed by atoms with E-state index in [1.165, 1.54) is 11.8 Å². The van der Waals surface area contributed by atoms with Gasteiger partial charge in [0.25, 0.3) is 0 Å². The molecule has 0 radical (unpaired) electrons. The number of H-pyrrole nitrogens is 1. The number of benzene rings is 1. The number of hydrogen-bond acceptors (Lipinski definition) is 7. The van der Waals surface area contributed by atoms with Gasteiger partial charge in [0.15, 0.2) is 11.0 Å². The fourth-order valence-electron chi connectivity index (χ4n) is 3.41. The molecule has 1 saturated heterocycles. The highest BCUT2D eigenvalue weighted by Crippen LogP contribution is 2.31. The molecule has 8 nitrogen and oxygen atoms in total. The van der Waals surface area contributed by atoms with Crippen molar-refractivity contribution in [1.82, 2.24) is 20.2 Å². The lowest BCUT2D eigenvalue weighted by Crippen LogP contribution is -2.21. The van der Waals surface area contributed by atoms with Crippen LogP contribution in [0.15, 0.2) is 46.5 Å². The number of carbonyl (C=O) groups excluding carboxylic acids is 1. The SMILES string of the molecule is Cc1cc(Nc2cc(N3CC[C@H](F)C3)nc(Sc3ccc(NC(=O)CCC(F)(F)F)cc3)n2)n[nH]1. The number of aryl methyl sites for hydroxylation is 1. The molecule has 1 aromatic carbocycles. The zero-order valence-electron chi connectivity index (χ0n) is 18.7. The molecule has 186 valence electrons. The molecule has 1 aliphatic heterocycles. The van der Waals surface area contributed by atoms with Crippen LogP contribution >= 0.6 is 11.8 Å². The Morgan fingerprint density at radius 1 is 1.20 bits per heavy atom. The molecule has 1 fully saturated rings. The van der Waals surface area contributed by atoms with Gasteiger partial charge in [-0.2, -0.15) is 18.3 Å². The number of rotatable bonds is 8. The van der Waals surface area contributed by atoms with Crippen LogP contribution in [0.3, 0.4) is 0 Å². The van der Waals surface area contributed by atoms with Gasteiger partial charge < -0.3 is 15.5 Å². The summed E-state index contributed by atoms with van der Waals surface area (Å²) in [6, 6.07) is 10.2. The smallest absolute Gasteiger partial charge is 0.353 e. The first-order valence-electron chi connectivity index (χ1n) is 10.8. The minimum Gasteiger partial charge on any atom is -0.353 e. The maximum absolute atomic E-state index is 13.8. The lowest BCUT2D eigenvalue weighted by molar-refractivity contribution is -0.142. The van der Waals surface area contributed by atoms with Gasteiger partial charge in [-0.15, -0.1) is 0 Å². The van der Waals surface area contributed by atoms with Gasteiger partial charge in [0.2, 0.25) is 5.91 Å². The summed E-state index contributed by atoms with van der Waals surface area (Å²) in [5.74, 6) is 0.962. The highest BCUT2D eigenvalue weighted by Gasteiger charge is 2.28. The van der Waals surface area contributed by atoms with Gasteiger partial charge in [0, 0.05) is 41.4 Å². The Morgan fingerprint density at radius 2 is 1.97 bits per heavy atom. The Bertz CT molecular complexity index is 1170. The molecule has 0 saturated carbocycles. The third-order valence-electron chi connectivity index (χ3n) is 5.09. The highest BCUT2D eigenvalue weighted by atomic mass is 32.2. The first kappa shape index (κ1) is 24.8. The molecule has 0 spiro atoms. The summed E-state index contributed by atoms with van der Waals surface area (Å²) in [6.07, 6.45) is -6.66. The Balaban J connectivity index is 1.47. The number of halogens is 4. The van der Waals surface area contributed by atoms with Gasteiger partial charge in [-0.25, -0.2) is 14.4 Å². The Morgan fingerprint density at radius 3 is 2.60 bits per heavy atom. The molecular formula is C22H23F4N7OS. The number of amides is 1. The van der Waals surface area contributed by atoms with E-state index in [-0.39, 0.29) is 6.54 Å². The molecule has 0 aliphatic carbocycles. The van der Waals surface area contributed by atoms with Gasteiger partial charge >= 0.3 is 6.18 Å². The van der Waals surface area contributed by atoms with Crippen LogP contribution in [0.4, 0.5) is 40.7 Å². The number of anilines is 4. The highest BCUT2D eigenvalue weighted by molar-refractivity contribution is 7.99. The predicted molar refractivity (Wildman–Crippen MR) is 125 cm³/mol. The zero-order valence-corrected chi connectivity index (χ0v) is 19.5. The molecule has 3 heterocycles. The summed E-state index contributed by atoms with van der Waals surface area (Å²) in [7, 11) is 0. The largest absolute Gasteiger partial charge is 0.389 e. The van der Waals surface area contributed by atoms with E-state index in [2.05, 4.69) is 30.8 Å². The van der Waals surface area contributed by atoms with Crippen molar-refractivity contribution in [2.75, 3.05) is 28.6 Å². The van der Waals surface area contributed by atoms with Crippen LogP contribution in [0, 0.1) is 6.92 Å². The van der Waals surface area contributed by atoms with Crippen LogP contribution < -0.4 is 15.5 Å². The molecule has 4 rings (SSSR count). The summed E-state index contributed by atoms with van der Waals surface area (Å²) in [5.41, 5.74) is 1.26. The summed E-state index contributed by atoms with van der Waals surface area (Å²) in [4.78, 5) is 23.4. The third-order valence-corrected chi connectivity index (χ3v) is 5.96. The minimum absolute atomic E-state index is 0.255. The summed E-state index contributed by atoms with van der Waals surface area (Å²) >= 11 is 1.26. The summed E-state index contributed by atoms with van der Waals surface area (Å²) in [6.45, 7) is 2.68. The molecule has 1 amide bonds. The van der Waals surface area contributed by atoms with Crippen LogP contribution in [0.1, 0.15) is 25.0 Å². The van der Waals surface area contributed by atoms with Crippen molar-refractivity contribution in [1.29, 1.82) is 0 Å². The van der Waals surface area contributed by atoms with E-state index < -0.39 is 31.1 Å². The molecule has 3 aromatic rings. The van der Waals surface area contributed by atoms with Crippen molar-refractivity contribution in [2.45, 2.75) is 48.6 Å². The second-order valence-corrected chi connectivity index (χ2v) is 9.12. The number of nitrogens with zero attached hydrogens (tertiary/aromatic N) is 4. The van der Waals surface area contributed by atoms with Gasteiger partial charge in [-0.1, -0.05) is 0 Å². The van der Waals surface area contributed by atoms with E-state index in [0.717, 1.165) is 10.6 Å². The number of nitrogens with one attached hydrogen (secondary N) is 3. The van der Waals surface area contributed by atoms with E-state index in [9.17, 15) is 22.4 Å². The summed E-state index contributed by atoms with van der Waals surface area (Å²) < 4.78 is 50.6. The van der Waals surface area contributed by atoms with Crippen molar-refractivity contribution in [3.63, 3.8) is 0 Å². The molecule has 2 aromatic heterocycles. The standard InChI is InChI=1S/C22H23F4N7OS/c1-13-10-18(32-31-13)28-17-11-19(33-9-7-14(23)12-33)30-21(29-17)35-16-4-2-15(3-5-16)27-20(34)6-8-22(24,25)26/h2-5,10-11,14H,6-9,12H2,1H3,(H,27,34)(H2,28,29,30,31,32)/t14-/m0/s1. The van der Waals surface area contributed by atoms with Gasteiger partial charge in [0.05, 0.1) is 13.0 Å². The lowest BCUT2D eigenvalue weighted by Gasteiger charge is -2.18. The van der Waals surface area contributed by atoms with Crippen molar-refractivity contribution < 1.29 is 22.4 Å². The maximum atomic E-state index is 13.8. The molecule has 35 heavy (non-hydrogen) atoms. The quantitative estimate of drug-likeness (QED) is 0.282. The second-order valence-electron chi connectivity index (χ2n) is 8.08. The number of hydrogen-bond donors (Lipinski definition) is 3. The van der Waals surface area contributed by atoms with Crippen LogP contribution in [-0.4, -0.2) is 51.5 Å². The van der Waals surface area contributed by atoms with Crippen LogP contribution in [0.5, 0.6) is 0 Å². The van der Waals surface area contributed by atoms with Gasteiger partial charge in [-0.3, -0.25) is 9.89 Å². The number of aromatic amines is 1. The molecule has 1 aliphatic rings. The third kappa shape index (κ3) is 7.31. The Kier molecular flexibility index (Phi) is 7.43. The van der Waals surface area contributed by atoms with Crippen molar-refractivity contribution in [3.05, 3.63) is 42.1 Å². The normalized spacial score (nSPS) is 15.9. The first-order chi connectivity index (χ1) is 16.6. The average Bonchev–Trinajstić information content (AvgIpc) is 3.41. The van der Waals surface area contributed by atoms with Crippen molar-refractivity contribution in [2.24, 2.45) is 0 Å². The zero-order chi connectivity index (χ0) is 25.0. The van der Waals surface area contributed by atoms with Crippen molar-refractivity contribution in [3.8, 4) is 0 Å². The van der Waals surface area contributed by atoms with E-state index in [1.54, 1.807) is 30.3 Å². The van der Waals surface area contributed by atoms with Crippen LogP contribution in [-0.2, 0) is 4.79 Å². The number of aromatic nitrogens is 4.